The van der Waals surface area contributed by atoms with Gasteiger partial charge in [-0.25, -0.2) is 15.0 Å². The molecular formula is C57H39N3. The van der Waals surface area contributed by atoms with Crippen molar-refractivity contribution in [3.63, 3.8) is 0 Å². The van der Waals surface area contributed by atoms with Gasteiger partial charge in [0, 0.05) is 33.4 Å². The van der Waals surface area contributed by atoms with Crippen molar-refractivity contribution in [1.29, 1.82) is 0 Å². The molecule has 0 spiro atoms. The van der Waals surface area contributed by atoms with Gasteiger partial charge in [-0.1, -0.05) is 237 Å². The summed E-state index contributed by atoms with van der Waals surface area (Å²) in [5, 5.41) is 0. The maximum atomic E-state index is 5.50. The van der Waals surface area contributed by atoms with Gasteiger partial charge >= 0.3 is 0 Å². The average Bonchev–Trinajstić information content (AvgIpc) is 3.34. The molecule has 10 aromatic rings. The lowest BCUT2D eigenvalue weighted by Crippen LogP contribution is -2.04. The highest BCUT2D eigenvalue weighted by Gasteiger charge is 2.24. The topological polar surface area (TPSA) is 38.7 Å². The number of hydrogen-bond donors (Lipinski definition) is 0. The van der Waals surface area contributed by atoms with E-state index in [9.17, 15) is 0 Å². The van der Waals surface area contributed by atoms with E-state index in [1.807, 2.05) is 0 Å². The second kappa shape index (κ2) is 16.5. The van der Waals surface area contributed by atoms with Gasteiger partial charge in [-0.2, -0.15) is 0 Å². The Kier molecular flexibility index (Phi) is 9.97. The fourth-order valence-electron chi connectivity index (χ4n) is 8.28. The molecule has 0 atom stereocenters. The maximum Gasteiger partial charge on any atom is 0.164 e. The minimum absolute atomic E-state index is 0.597. The number of benzene rings is 9. The van der Waals surface area contributed by atoms with Gasteiger partial charge in [0.15, 0.2) is 17.5 Å². The molecule has 0 aliphatic rings. The lowest BCUT2D eigenvalue weighted by molar-refractivity contribution is 1.08. The third-order valence-corrected chi connectivity index (χ3v) is 11.0. The van der Waals surface area contributed by atoms with Crippen molar-refractivity contribution in [2.75, 3.05) is 0 Å². The molecule has 1 heterocycles. The average molecular weight is 766 g/mol. The van der Waals surface area contributed by atoms with Crippen LogP contribution in [0.2, 0.25) is 0 Å². The van der Waals surface area contributed by atoms with Crippen molar-refractivity contribution in [3.8, 4) is 101 Å². The molecule has 9 aromatic carbocycles. The van der Waals surface area contributed by atoms with E-state index < -0.39 is 0 Å². The van der Waals surface area contributed by atoms with Crippen LogP contribution in [0.3, 0.4) is 0 Å². The van der Waals surface area contributed by atoms with E-state index in [2.05, 4.69) is 237 Å². The first-order valence-electron chi connectivity index (χ1n) is 20.3. The standard InChI is InChI=1S/C57H39N3/c1-7-22-40(23-8-1)46-34-19-37-49(52(46)43-28-13-4-14-29-43)55-58-56(50-38-20-35-47(41-24-9-2-10-25-41)53(50)44-30-15-5-16-31-44)60-57(59-55)51-39-21-36-48(42-26-11-3-12-27-42)54(51)45-32-17-6-18-33-45/h1-39H. The fraction of sp³-hybridized carbons (Fsp3) is 0. The summed E-state index contributed by atoms with van der Waals surface area (Å²) < 4.78 is 0. The van der Waals surface area contributed by atoms with Crippen molar-refractivity contribution < 1.29 is 0 Å². The summed E-state index contributed by atoms with van der Waals surface area (Å²) in [4.78, 5) is 16.5. The molecule has 3 heteroatoms. The van der Waals surface area contributed by atoms with Crippen LogP contribution in [0, 0.1) is 0 Å². The minimum atomic E-state index is 0.597. The highest BCUT2D eigenvalue weighted by Crippen LogP contribution is 2.44. The molecule has 0 radical (unpaired) electrons. The second-order valence-electron chi connectivity index (χ2n) is 14.7. The lowest BCUT2D eigenvalue weighted by atomic mass is 9.89. The van der Waals surface area contributed by atoms with Gasteiger partial charge in [-0.3, -0.25) is 0 Å². The first-order chi connectivity index (χ1) is 29.8. The van der Waals surface area contributed by atoms with E-state index in [-0.39, 0.29) is 0 Å². The summed E-state index contributed by atoms with van der Waals surface area (Å²) in [6, 6.07) is 82.8. The molecule has 60 heavy (non-hydrogen) atoms. The van der Waals surface area contributed by atoms with Crippen LogP contribution in [0.1, 0.15) is 0 Å². The summed E-state index contributed by atoms with van der Waals surface area (Å²) in [7, 11) is 0. The van der Waals surface area contributed by atoms with Crippen molar-refractivity contribution >= 4 is 0 Å². The Hall–Kier alpha value is -8.01. The predicted molar refractivity (Wildman–Crippen MR) is 249 cm³/mol. The molecule has 0 aliphatic heterocycles. The van der Waals surface area contributed by atoms with Gasteiger partial charge in [-0.15, -0.1) is 0 Å². The number of hydrogen-bond acceptors (Lipinski definition) is 3. The van der Waals surface area contributed by atoms with Gasteiger partial charge in [0.25, 0.3) is 0 Å². The maximum absolute atomic E-state index is 5.50. The van der Waals surface area contributed by atoms with Crippen molar-refractivity contribution in [2.45, 2.75) is 0 Å². The number of rotatable bonds is 9. The summed E-state index contributed by atoms with van der Waals surface area (Å²) in [5.41, 5.74) is 15.9. The van der Waals surface area contributed by atoms with Gasteiger partial charge in [0.05, 0.1) is 0 Å². The van der Waals surface area contributed by atoms with Crippen LogP contribution in [-0.4, -0.2) is 15.0 Å². The smallest absolute Gasteiger partial charge is 0.164 e. The fourth-order valence-corrected chi connectivity index (χ4v) is 8.28. The largest absolute Gasteiger partial charge is 0.208 e. The summed E-state index contributed by atoms with van der Waals surface area (Å²) in [6.07, 6.45) is 0. The first kappa shape index (κ1) is 36.3. The molecule has 10 rings (SSSR count). The Morgan fingerprint density at radius 3 is 0.600 bits per heavy atom. The summed E-state index contributed by atoms with van der Waals surface area (Å²) >= 11 is 0. The van der Waals surface area contributed by atoms with Gasteiger partial charge in [0.2, 0.25) is 0 Å². The third kappa shape index (κ3) is 7.10. The Morgan fingerprint density at radius 1 is 0.167 bits per heavy atom. The van der Waals surface area contributed by atoms with E-state index in [4.69, 9.17) is 15.0 Å². The molecule has 0 saturated carbocycles. The molecule has 1 aromatic heterocycles. The van der Waals surface area contributed by atoms with Crippen LogP contribution in [0.4, 0.5) is 0 Å². The number of nitrogens with zero attached hydrogens (tertiary/aromatic N) is 3. The minimum Gasteiger partial charge on any atom is -0.208 e. The zero-order valence-electron chi connectivity index (χ0n) is 32.9. The molecule has 282 valence electrons. The third-order valence-electron chi connectivity index (χ3n) is 11.0. The van der Waals surface area contributed by atoms with E-state index in [1.165, 1.54) is 0 Å². The van der Waals surface area contributed by atoms with Crippen LogP contribution in [0.15, 0.2) is 237 Å². The Balaban J connectivity index is 1.31. The zero-order chi connectivity index (χ0) is 40.1. The van der Waals surface area contributed by atoms with Crippen LogP contribution in [-0.2, 0) is 0 Å². The van der Waals surface area contributed by atoms with Crippen LogP contribution in [0.5, 0.6) is 0 Å². The molecule has 0 bridgehead atoms. The summed E-state index contributed by atoms with van der Waals surface area (Å²) in [6.45, 7) is 0. The molecular weight excluding hydrogens is 727 g/mol. The predicted octanol–water partition coefficient (Wildman–Crippen LogP) is 14.9. The van der Waals surface area contributed by atoms with Crippen molar-refractivity contribution in [1.82, 2.24) is 15.0 Å². The van der Waals surface area contributed by atoms with Gasteiger partial charge < -0.3 is 0 Å². The highest BCUT2D eigenvalue weighted by molar-refractivity contribution is 5.97. The lowest BCUT2D eigenvalue weighted by Gasteiger charge is -2.19. The van der Waals surface area contributed by atoms with Crippen LogP contribution < -0.4 is 0 Å². The Bertz CT molecular complexity index is 2690. The SMILES string of the molecule is c1ccc(-c2cccc(-c3nc(-c4cccc(-c5ccccc5)c4-c4ccccc4)nc(-c4cccc(-c5ccccc5)c4-c4ccccc4)n3)c2-c2ccccc2)cc1. The van der Waals surface area contributed by atoms with E-state index >= 15 is 0 Å². The quantitative estimate of drug-likeness (QED) is 0.147. The first-order valence-corrected chi connectivity index (χ1v) is 20.3. The van der Waals surface area contributed by atoms with Crippen molar-refractivity contribution in [2.24, 2.45) is 0 Å². The normalized spacial score (nSPS) is 11.0. The second-order valence-corrected chi connectivity index (χ2v) is 14.7. The van der Waals surface area contributed by atoms with Crippen molar-refractivity contribution in [3.05, 3.63) is 237 Å². The molecule has 0 amide bonds. The molecule has 0 saturated heterocycles. The molecule has 0 fully saturated rings. The van der Waals surface area contributed by atoms with Crippen LogP contribution >= 0.6 is 0 Å². The molecule has 0 N–H and O–H groups in total. The van der Waals surface area contributed by atoms with E-state index in [1.54, 1.807) is 0 Å². The monoisotopic (exact) mass is 765 g/mol. The Morgan fingerprint density at radius 2 is 0.367 bits per heavy atom. The molecule has 0 unspecified atom stereocenters. The Labute approximate surface area is 351 Å². The number of aromatic nitrogens is 3. The van der Waals surface area contributed by atoms with Gasteiger partial charge in [-0.05, 0) is 50.1 Å². The highest BCUT2D eigenvalue weighted by atomic mass is 15.0. The van der Waals surface area contributed by atoms with E-state index in [0.717, 1.165) is 83.5 Å². The summed E-state index contributed by atoms with van der Waals surface area (Å²) in [5.74, 6) is 1.79. The molecule has 0 aliphatic carbocycles. The van der Waals surface area contributed by atoms with Gasteiger partial charge in [0.1, 0.15) is 0 Å². The van der Waals surface area contributed by atoms with Crippen LogP contribution in [0.25, 0.3) is 101 Å². The van der Waals surface area contributed by atoms with E-state index in [0.29, 0.717) is 17.5 Å². The zero-order valence-corrected chi connectivity index (χ0v) is 32.9. The molecule has 3 nitrogen and oxygen atoms in total.